The van der Waals surface area contributed by atoms with E-state index in [1.165, 1.54) is 0 Å². The molecule has 0 aliphatic carbocycles. The molecular weight excluding hydrogens is 245 g/mol. The number of hydrogen-bond acceptors (Lipinski definition) is 4. The third-order valence-corrected chi connectivity index (χ3v) is 2.31. The molecule has 0 saturated carbocycles. The molecule has 2 heterocycles. The molecule has 0 unspecified atom stereocenters. The smallest absolute Gasteiger partial charge is 0.193 e. The molecule has 1 N–H and O–H groups in total. The van der Waals surface area contributed by atoms with Crippen molar-refractivity contribution in [2.45, 2.75) is 6.54 Å². The maximum Gasteiger partial charge on any atom is 0.193 e. The zero-order valence-electron chi connectivity index (χ0n) is 7.47. The molecule has 0 aliphatic heterocycles. The molecule has 0 radical (unpaired) electrons. The van der Waals surface area contributed by atoms with Crippen LogP contribution in [0.15, 0.2) is 17.8 Å². The van der Waals surface area contributed by atoms with Gasteiger partial charge in [-0.15, -0.1) is 36.2 Å². The molecular formula is C7H11Cl2N3OS. The highest BCUT2D eigenvalue weighted by molar-refractivity contribution is 7.15. The Balaban J connectivity index is 0.000000845. The quantitative estimate of drug-likeness (QED) is 0.852. The van der Waals surface area contributed by atoms with E-state index in [2.05, 4.69) is 10.5 Å². The lowest BCUT2D eigenvalue weighted by molar-refractivity contribution is 0.0859. The van der Waals surface area contributed by atoms with E-state index in [1.54, 1.807) is 18.4 Å². The summed E-state index contributed by atoms with van der Waals surface area (Å²) in [5.41, 5.74) is 3.73. The summed E-state index contributed by atoms with van der Waals surface area (Å²) in [6.45, 7) is 0.644. The Kier molecular flexibility index (Phi) is 6.06. The van der Waals surface area contributed by atoms with Crippen molar-refractivity contribution in [1.82, 2.24) is 14.9 Å². The Labute approximate surface area is 98.1 Å². The normalized spacial score (nSPS) is 9.50. The van der Waals surface area contributed by atoms with Gasteiger partial charge < -0.3 is 4.84 Å². The zero-order valence-corrected chi connectivity index (χ0v) is 9.92. The first kappa shape index (κ1) is 13.7. The number of nitrogens with zero attached hydrogens (tertiary/aromatic N) is 2. The van der Waals surface area contributed by atoms with E-state index < -0.39 is 0 Å². The summed E-state index contributed by atoms with van der Waals surface area (Å²) >= 11 is 1.62. The molecule has 0 atom stereocenters. The number of halogens is 2. The first-order valence-electron chi connectivity index (χ1n) is 3.57. The first-order valence-corrected chi connectivity index (χ1v) is 4.45. The van der Waals surface area contributed by atoms with Crippen LogP contribution in [0.1, 0.15) is 5.69 Å². The molecule has 0 spiro atoms. The predicted molar refractivity (Wildman–Crippen MR) is 61.4 cm³/mol. The number of rotatable bonds is 3. The third-order valence-electron chi connectivity index (χ3n) is 1.54. The minimum absolute atomic E-state index is 0. The number of fused-ring (bicyclic) bond motifs is 1. The fourth-order valence-electron chi connectivity index (χ4n) is 1.01. The molecule has 0 saturated heterocycles. The fourth-order valence-corrected chi connectivity index (χ4v) is 1.73. The van der Waals surface area contributed by atoms with Crippen molar-refractivity contribution in [3.05, 3.63) is 23.5 Å². The van der Waals surface area contributed by atoms with Crippen LogP contribution in [0.5, 0.6) is 0 Å². The monoisotopic (exact) mass is 255 g/mol. The lowest BCUT2D eigenvalue weighted by Gasteiger charge is -1.95. The van der Waals surface area contributed by atoms with Gasteiger partial charge in [-0.25, -0.2) is 4.98 Å². The molecule has 14 heavy (non-hydrogen) atoms. The van der Waals surface area contributed by atoms with Crippen molar-refractivity contribution in [2.24, 2.45) is 0 Å². The van der Waals surface area contributed by atoms with E-state index in [0.717, 1.165) is 10.7 Å². The Hall–Kier alpha value is -0.330. The highest BCUT2D eigenvalue weighted by Gasteiger charge is 2.00. The topological polar surface area (TPSA) is 38.6 Å². The Morgan fingerprint density at radius 1 is 1.57 bits per heavy atom. The Morgan fingerprint density at radius 3 is 3.00 bits per heavy atom. The Bertz CT molecular complexity index is 347. The van der Waals surface area contributed by atoms with Crippen molar-refractivity contribution in [3.8, 4) is 0 Å². The van der Waals surface area contributed by atoms with Gasteiger partial charge in [0.25, 0.3) is 0 Å². The van der Waals surface area contributed by atoms with Crippen LogP contribution in [-0.2, 0) is 11.4 Å². The van der Waals surface area contributed by atoms with Crippen molar-refractivity contribution in [2.75, 3.05) is 7.11 Å². The van der Waals surface area contributed by atoms with E-state index in [4.69, 9.17) is 4.84 Å². The van der Waals surface area contributed by atoms with Gasteiger partial charge in [0.15, 0.2) is 4.96 Å². The average Bonchev–Trinajstić information content (AvgIpc) is 2.58. The maximum absolute atomic E-state index is 4.72. The van der Waals surface area contributed by atoms with Gasteiger partial charge in [-0.2, -0.15) is 5.48 Å². The summed E-state index contributed by atoms with van der Waals surface area (Å²) in [7, 11) is 1.60. The Morgan fingerprint density at radius 2 is 2.36 bits per heavy atom. The number of aromatic nitrogens is 2. The van der Waals surface area contributed by atoms with E-state index in [9.17, 15) is 0 Å². The van der Waals surface area contributed by atoms with Gasteiger partial charge in [0.1, 0.15) is 0 Å². The molecule has 2 rings (SSSR count). The minimum atomic E-state index is 0. The van der Waals surface area contributed by atoms with Gasteiger partial charge in [-0.1, -0.05) is 0 Å². The molecule has 4 nitrogen and oxygen atoms in total. The van der Waals surface area contributed by atoms with Crippen LogP contribution in [0, 0.1) is 0 Å². The zero-order chi connectivity index (χ0) is 8.39. The lowest BCUT2D eigenvalue weighted by Crippen LogP contribution is -2.10. The summed E-state index contributed by atoms with van der Waals surface area (Å²) in [5.74, 6) is 0. The molecule has 0 fully saturated rings. The van der Waals surface area contributed by atoms with Crippen LogP contribution in [0.25, 0.3) is 4.96 Å². The number of thiazole rings is 1. The molecule has 2 aromatic rings. The summed E-state index contributed by atoms with van der Waals surface area (Å²) in [6, 6.07) is 0. The second-order valence-corrected chi connectivity index (χ2v) is 3.22. The van der Waals surface area contributed by atoms with E-state index in [0.29, 0.717) is 6.54 Å². The predicted octanol–water partition coefficient (Wildman–Crippen LogP) is 1.89. The molecule has 0 bridgehead atoms. The van der Waals surface area contributed by atoms with Crippen molar-refractivity contribution in [1.29, 1.82) is 0 Å². The number of nitrogens with one attached hydrogen (secondary N) is 1. The number of hydrogen-bond donors (Lipinski definition) is 1. The molecule has 0 aromatic carbocycles. The van der Waals surface area contributed by atoms with Crippen molar-refractivity contribution in [3.63, 3.8) is 0 Å². The van der Waals surface area contributed by atoms with E-state index in [-0.39, 0.29) is 24.8 Å². The molecule has 7 heteroatoms. The molecule has 2 aromatic heterocycles. The van der Waals surface area contributed by atoms with Gasteiger partial charge in [-0.05, 0) is 0 Å². The van der Waals surface area contributed by atoms with Crippen LogP contribution in [-0.4, -0.2) is 16.5 Å². The van der Waals surface area contributed by atoms with Gasteiger partial charge in [-0.3, -0.25) is 4.40 Å². The third kappa shape index (κ3) is 2.83. The maximum atomic E-state index is 4.72. The van der Waals surface area contributed by atoms with Gasteiger partial charge in [0, 0.05) is 17.8 Å². The second kappa shape index (κ2) is 6.21. The summed E-state index contributed by atoms with van der Waals surface area (Å²) in [6.07, 6.45) is 3.97. The highest BCUT2D eigenvalue weighted by atomic mass is 35.5. The average molecular weight is 256 g/mol. The standard InChI is InChI=1S/C7H9N3OS.2ClH/c1-11-8-4-6-5-10-2-3-12-7(10)9-6;;/h2-3,5,8H,4H2,1H3;2*1H. The lowest BCUT2D eigenvalue weighted by atomic mass is 10.5. The largest absolute Gasteiger partial charge is 0.305 e. The fraction of sp³-hybridized carbons (Fsp3) is 0.286. The van der Waals surface area contributed by atoms with Crippen molar-refractivity contribution >= 4 is 41.1 Å². The van der Waals surface area contributed by atoms with Crippen LogP contribution < -0.4 is 5.48 Å². The van der Waals surface area contributed by atoms with Crippen LogP contribution in [0.3, 0.4) is 0 Å². The summed E-state index contributed by atoms with van der Waals surface area (Å²) < 4.78 is 2.00. The van der Waals surface area contributed by atoms with Gasteiger partial charge in [0.05, 0.1) is 19.3 Å². The van der Waals surface area contributed by atoms with Crippen LogP contribution in [0.4, 0.5) is 0 Å². The first-order chi connectivity index (χ1) is 5.90. The summed E-state index contributed by atoms with van der Waals surface area (Å²) in [4.78, 5) is 10.1. The molecule has 0 aliphatic rings. The number of hydroxylamine groups is 1. The van der Waals surface area contributed by atoms with Gasteiger partial charge in [0.2, 0.25) is 0 Å². The molecule has 0 amide bonds. The minimum Gasteiger partial charge on any atom is -0.305 e. The van der Waals surface area contributed by atoms with E-state index in [1.807, 2.05) is 22.2 Å². The highest BCUT2D eigenvalue weighted by Crippen LogP contribution is 2.10. The van der Waals surface area contributed by atoms with Crippen LogP contribution in [0.2, 0.25) is 0 Å². The number of imidazole rings is 1. The van der Waals surface area contributed by atoms with E-state index >= 15 is 0 Å². The second-order valence-electron chi connectivity index (χ2n) is 2.35. The van der Waals surface area contributed by atoms with Crippen LogP contribution >= 0.6 is 36.2 Å². The summed E-state index contributed by atoms with van der Waals surface area (Å²) in [5, 5.41) is 2.01. The SMILES string of the molecule is CONCc1cn2ccsc2n1.Cl.Cl. The molecule has 80 valence electrons. The van der Waals surface area contributed by atoms with Crippen molar-refractivity contribution < 1.29 is 4.84 Å². The van der Waals surface area contributed by atoms with Gasteiger partial charge >= 0.3 is 0 Å².